The van der Waals surface area contributed by atoms with E-state index < -0.39 is 0 Å². The molecule has 0 radical (unpaired) electrons. The minimum Gasteiger partial charge on any atom is -0.399 e. The van der Waals surface area contributed by atoms with Crippen molar-refractivity contribution in [1.82, 2.24) is 0 Å². The molecule has 0 aliphatic heterocycles. The van der Waals surface area contributed by atoms with Crippen molar-refractivity contribution in [3.05, 3.63) is 23.2 Å². The number of thioether (sulfide) groups is 1. The van der Waals surface area contributed by atoms with Crippen LogP contribution in [0.3, 0.4) is 0 Å². The van der Waals surface area contributed by atoms with E-state index in [1.165, 1.54) is 0 Å². The third-order valence-corrected chi connectivity index (χ3v) is 3.99. The van der Waals surface area contributed by atoms with E-state index in [1.807, 2.05) is 0 Å². The molecule has 0 fully saturated rings. The Kier molecular flexibility index (Phi) is 5.65. The first-order valence-corrected chi connectivity index (χ1v) is 6.92. The maximum atomic E-state index is 11.6. The first kappa shape index (κ1) is 14.2. The molecular weight excluding hydrogens is 256 g/mol. The van der Waals surface area contributed by atoms with Crippen molar-refractivity contribution >= 4 is 40.6 Å². The molecule has 0 aliphatic carbocycles. The maximum Gasteiger partial charge on any atom is 0.234 e. The van der Waals surface area contributed by atoms with E-state index in [9.17, 15) is 4.79 Å². The van der Waals surface area contributed by atoms with Gasteiger partial charge in [-0.2, -0.15) is 0 Å². The number of carbonyl (C=O) groups excluding carboxylic acids is 1. The standard InChI is InChI=1S/C12H17ClN2OS/c1-3-8(2)17-7-12(16)15-11-5-4-9(14)6-10(11)13/h4-6,8H,3,7,14H2,1-2H3,(H,15,16). The average Bonchev–Trinajstić information content (AvgIpc) is 2.29. The van der Waals surface area contributed by atoms with Crippen molar-refractivity contribution in [3.63, 3.8) is 0 Å². The van der Waals surface area contributed by atoms with Crippen molar-refractivity contribution in [3.8, 4) is 0 Å². The molecule has 1 unspecified atom stereocenters. The summed E-state index contributed by atoms with van der Waals surface area (Å²) in [6, 6.07) is 5.05. The van der Waals surface area contributed by atoms with E-state index >= 15 is 0 Å². The number of amides is 1. The van der Waals surface area contributed by atoms with E-state index in [0.29, 0.717) is 27.4 Å². The smallest absolute Gasteiger partial charge is 0.234 e. The second-order valence-electron chi connectivity index (χ2n) is 3.82. The van der Waals surface area contributed by atoms with Gasteiger partial charge in [-0.1, -0.05) is 25.4 Å². The summed E-state index contributed by atoms with van der Waals surface area (Å²) in [5, 5.41) is 3.72. The second-order valence-corrected chi connectivity index (χ2v) is 5.65. The van der Waals surface area contributed by atoms with Crippen LogP contribution >= 0.6 is 23.4 Å². The Labute approximate surface area is 111 Å². The van der Waals surface area contributed by atoms with Crippen molar-refractivity contribution < 1.29 is 4.79 Å². The lowest BCUT2D eigenvalue weighted by Gasteiger charge is -2.10. The van der Waals surface area contributed by atoms with Crippen LogP contribution in [-0.2, 0) is 4.79 Å². The molecule has 3 nitrogen and oxygen atoms in total. The minimum atomic E-state index is -0.0398. The number of carbonyl (C=O) groups is 1. The number of nitrogens with two attached hydrogens (primary N) is 1. The zero-order valence-corrected chi connectivity index (χ0v) is 11.6. The van der Waals surface area contributed by atoms with Gasteiger partial charge in [-0.15, -0.1) is 11.8 Å². The van der Waals surface area contributed by atoms with Crippen molar-refractivity contribution in [1.29, 1.82) is 0 Å². The minimum absolute atomic E-state index is 0.0398. The maximum absolute atomic E-state index is 11.6. The SMILES string of the molecule is CCC(C)SCC(=O)Nc1ccc(N)cc1Cl. The van der Waals surface area contributed by atoms with E-state index in [0.717, 1.165) is 6.42 Å². The molecule has 0 saturated carbocycles. The van der Waals surface area contributed by atoms with Crippen LogP contribution in [-0.4, -0.2) is 16.9 Å². The number of benzene rings is 1. The highest BCUT2D eigenvalue weighted by molar-refractivity contribution is 8.00. The molecule has 5 heteroatoms. The highest BCUT2D eigenvalue weighted by Gasteiger charge is 2.08. The van der Waals surface area contributed by atoms with E-state index in [1.54, 1.807) is 30.0 Å². The first-order chi connectivity index (χ1) is 8.02. The van der Waals surface area contributed by atoms with Crippen LogP contribution in [0.25, 0.3) is 0 Å². The van der Waals surface area contributed by atoms with Crippen LogP contribution in [0.15, 0.2) is 18.2 Å². The topological polar surface area (TPSA) is 55.1 Å². The Morgan fingerprint density at radius 3 is 2.88 bits per heavy atom. The van der Waals surface area contributed by atoms with E-state index in [2.05, 4.69) is 19.2 Å². The zero-order valence-electron chi connectivity index (χ0n) is 10.00. The van der Waals surface area contributed by atoms with E-state index in [4.69, 9.17) is 17.3 Å². The molecule has 1 amide bonds. The molecule has 1 aromatic carbocycles. The Balaban J connectivity index is 2.50. The van der Waals surface area contributed by atoms with Crippen LogP contribution < -0.4 is 11.1 Å². The lowest BCUT2D eigenvalue weighted by Crippen LogP contribution is -2.16. The second kappa shape index (κ2) is 6.77. The average molecular weight is 273 g/mol. The van der Waals surface area contributed by atoms with Gasteiger partial charge in [-0.25, -0.2) is 0 Å². The number of anilines is 2. The van der Waals surface area contributed by atoms with Gasteiger partial charge in [-0.3, -0.25) is 4.79 Å². The molecule has 1 atom stereocenters. The Hall–Kier alpha value is -0.870. The fourth-order valence-electron chi connectivity index (χ4n) is 1.15. The third-order valence-electron chi connectivity index (χ3n) is 2.34. The molecule has 1 aromatic rings. The lowest BCUT2D eigenvalue weighted by molar-refractivity contribution is -0.113. The van der Waals surface area contributed by atoms with E-state index in [-0.39, 0.29) is 5.91 Å². The summed E-state index contributed by atoms with van der Waals surface area (Å²) in [6.45, 7) is 4.21. The van der Waals surface area contributed by atoms with Gasteiger partial charge in [0.25, 0.3) is 0 Å². The fraction of sp³-hybridized carbons (Fsp3) is 0.417. The highest BCUT2D eigenvalue weighted by atomic mass is 35.5. The largest absolute Gasteiger partial charge is 0.399 e. The quantitative estimate of drug-likeness (QED) is 0.808. The first-order valence-electron chi connectivity index (χ1n) is 5.49. The molecule has 94 valence electrons. The van der Waals surface area contributed by atoms with Gasteiger partial charge >= 0.3 is 0 Å². The molecule has 3 N–H and O–H groups in total. The predicted octanol–water partition coefficient (Wildman–Crippen LogP) is 3.39. The molecule has 0 bridgehead atoms. The summed E-state index contributed by atoms with van der Waals surface area (Å²) in [6.07, 6.45) is 1.06. The summed E-state index contributed by atoms with van der Waals surface area (Å²) in [7, 11) is 0. The molecule has 0 spiro atoms. The summed E-state index contributed by atoms with van der Waals surface area (Å²) < 4.78 is 0. The van der Waals surface area contributed by atoms with Crippen LogP contribution in [0.5, 0.6) is 0 Å². The zero-order chi connectivity index (χ0) is 12.8. The number of hydrogen-bond acceptors (Lipinski definition) is 3. The van der Waals surface area contributed by atoms with Crippen LogP contribution in [0, 0.1) is 0 Å². The number of hydrogen-bond donors (Lipinski definition) is 2. The molecular formula is C12H17ClN2OS. The lowest BCUT2D eigenvalue weighted by atomic mass is 10.3. The van der Waals surface area contributed by atoms with Gasteiger partial charge in [-0.05, 0) is 24.6 Å². The number of rotatable bonds is 5. The van der Waals surface area contributed by atoms with Gasteiger partial charge in [0.05, 0.1) is 16.5 Å². The third kappa shape index (κ3) is 4.88. The molecule has 17 heavy (non-hydrogen) atoms. The van der Waals surface area contributed by atoms with Gasteiger partial charge in [0.2, 0.25) is 5.91 Å². The number of halogens is 1. The Morgan fingerprint density at radius 1 is 1.59 bits per heavy atom. The van der Waals surface area contributed by atoms with Gasteiger partial charge in [0.1, 0.15) is 0 Å². The summed E-state index contributed by atoms with van der Waals surface area (Å²) in [5.74, 6) is 0.400. The molecule has 0 heterocycles. The normalized spacial score (nSPS) is 12.2. The van der Waals surface area contributed by atoms with Crippen molar-refractivity contribution in [2.24, 2.45) is 0 Å². The Morgan fingerprint density at radius 2 is 2.29 bits per heavy atom. The Bertz CT molecular complexity index is 398. The molecule has 0 saturated heterocycles. The molecule has 0 aliphatic rings. The van der Waals surface area contributed by atoms with Gasteiger partial charge < -0.3 is 11.1 Å². The van der Waals surface area contributed by atoms with Gasteiger partial charge in [0.15, 0.2) is 0 Å². The molecule has 1 rings (SSSR count). The van der Waals surface area contributed by atoms with Crippen LogP contribution in [0.4, 0.5) is 11.4 Å². The highest BCUT2D eigenvalue weighted by Crippen LogP contribution is 2.24. The van der Waals surface area contributed by atoms with Gasteiger partial charge in [0, 0.05) is 10.9 Å². The predicted molar refractivity (Wildman–Crippen MR) is 76.7 cm³/mol. The van der Waals surface area contributed by atoms with Crippen LogP contribution in [0.1, 0.15) is 20.3 Å². The fourth-order valence-corrected chi connectivity index (χ4v) is 2.13. The van der Waals surface area contributed by atoms with Crippen molar-refractivity contribution in [2.45, 2.75) is 25.5 Å². The summed E-state index contributed by atoms with van der Waals surface area (Å²) >= 11 is 7.59. The number of nitrogen functional groups attached to an aromatic ring is 1. The molecule has 0 aromatic heterocycles. The number of nitrogens with one attached hydrogen (secondary N) is 1. The van der Waals surface area contributed by atoms with Crippen molar-refractivity contribution in [2.75, 3.05) is 16.8 Å². The monoisotopic (exact) mass is 272 g/mol. The summed E-state index contributed by atoms with van der Waals surface area (Å²) in [4.78, 5) is 11.6. The summed E-state index contributed by atoms with van der Waals surface area (Å²) in [5.41, 5.74) is 6.77. The van der Waals surface area contributed by atoms with Crippen LogP contribution in [0.2, 0.25) is 5.02 Å².